The summed E-state index contributed by atoms with van der Waals surface area (Å²) in [7, 11) is 0. The van der Waals surface area contributed by atoms with Crippen molar-refractivity contribution < 1.29 is 5.11 Å². The summed E-state index contributed by atoms with van der Waals surface area (Å²) >= 11 is 0. The first-order valence-corrected chi connectivity index (χ1v) is 10.8. The fourth-order valence-corrected chi connectivity index (χ4v) is 3.89. The second kappa shape index (κ2) is 10.3. The van der Waals surface area contributed by atoms with Crippen LogP contribution in [0.15, 0.2) is 60.8 Å². The number of rotatable bonds is 8. The molecule has 7 nitrogen and oxygen atoms in total. The molecule has 1 saturated heterocycles. The summed E-state index contributed by atoms with van der Waals surface area (Å²) in [6.07, 6.45) is 2.62. The number of phenolic OH excluding ortho intramolecular Hbond substituents is 1. The molecule has 5 N–H and O–H groups in total. The molecule has 0 radical (unpaired) electrons. The van der Waals surface area contributed by atoms with Crippen LogP contribution in [0.1, 0.15) is 11.1 Å². The normalized spacial score (nSPS) is 16.9. The highest BCUT2D eigenvalue weighted by Gasteiger charge is 2.20. The maximum absolute atomic E-state index is 9.39. The Bertz CT molecular complexity index is 978. The average Bonchev–Trinajstić information content (AvgIpc) is 2.81. The summed E-state index contributed by atoms with van der Waals surface area (Å²) < 4.78 is 0. The number of phenols is 1. The molecule has 7 heteroatoms. The topological polar surface area (TPSA) is 99.3 Å². The Balaban J connectivity index is 1.40. The summed E-state index contributed by atoms with van der Waals surface area (Å²) in [5, 5.41) is 16.1. The van der Waals surface area contributed by atoms with Crippen molar-refractivity contribution in [2.75, 3.05) is 38.0 Å². The molecule has 0 aliphatic carbocycles. The molecule has 1 unspecified atom stereocenters. The van der Waals surface area contributed by atoms with Crippen LogP contribution in [0, 0.1) is 0 Å². The van der Waals surface area contributed by atoms with E-state index in [2.05, 4.69) is 44.8 Å². The molecule has 2 aromatic carbocycles. The molecule has 1 aromatic heterocycles. The zero-order valence-corrected chi connectivity index (χ0v) is 17.7. The highest BCUT2D eigenvalue weighted by Crippen LogP contribution is 2.21. The van der Waals surface area contributed by atoms with E-state index in [4.69, 9.17) is 10.7 Å². The Morgan fingerprint density at radius 1 is 1.13 bits per heavy atom. The summed E-state index contributed by atoms with van der Waals surface area (Å²) in [5.41, 5.74) is 10.4. The van der Waals surface area contributed by atoms with Gasteiger partial charge in [0.2, 0.25) is 5.95 Å². The third-order valence-corrected chi connectivity index (χ3v) is 5.64. The summed E-state index contributed by atoms with van der Waals surface area (Å²) in [6.45, 7) is 5.23. The number of hydrogen-bond donors (Lipinski definition) is 4. The Labute approximate surface area is 183 Å². The van der Waals surface area contributed by atoms with Gasteiger partial charge in [0.1, 0.15) is 5.75 Å². The fraction of sp³-hybridized carbons (Fsp3) is 0.333. The second-order valence-corrected chi connectivity index (χ2v) is 7.87. The van der Waals surface area contributed by atoms with Crippen molar-refractivity contribution in [2.45, 2.75) is 19.0 Å². The molecule has 2 heterocycles. The molecule has 1 aliphatic heterocycles. The van der Waals surface area contributed by atoms with Crippen molar-refractivity contribution >= 4 is 5.95 Å². The van der Waals surface area contributed by atoms with Crippen LogP contribution in [0.3, 0.4) is 0 Å². The lowest BCUT2D eigenvalue weighted by molar-refractivity contribution is 0.158. The van der Waals surface area contributed by atoms with Crippen molar-refractivity contribution in [2.24, 2.45) is 5.73 Å². The minimum absolute atomic E-state index is 0.283. The van der Waals surface area contributed by atoms with Gasteiger partial charge >= 0.3 is 0 Å². The number of piperazine rings is 1. The molecule has 4 rings (SSSR count). The highest BCUT2D eigenvalue weighted by atomic mass is 16.3. The van der Waals surface area contributed by atoms with Crippen molar-refractivity contribution in [3.05, 3.63) is 71.9 Å². The maximum Gasteiger partial charge on any atom is 0.223 e. The number of aromatic nitrogens is 2. The Hall–Kier alpha value is -3.00. The van der Waals surface area contributed by atoms with E-state index in [9.17, 15) is 5.11 Å². The van der Waals surface area contributed by atoms with Gasteiger partial charge in [0.15, 0.2) is 0 Å². The molecule has 31 heavy (non-hydrogen) atoms. The van der Waals surface area contributed by atoms with Crippen molar-refractivity contribution in [3.63, 3.8) is 0 Å². The zero-order chi connectivity index (χ0) is 21.5. The van der Waals surface area contributed by atoms with E-state index in [0.717, 1.165) is 56.0 Å². The van der Waals surface area contributed by atoms with E-state index in [1.54, 1.807) is 18.3 Å². The van der Waals surface area contributed by atoms with Crippen LogP contribution in [-0.4, -0.2) is 58.7 Å². The fourth-order valence-electron chi connectivity index (χ4n) is 3.89. The largest absolute Gasteiger partial charge is 0.508 e. The van der Waals surface area contributed by atoms with Gasteiger partial charge in [-0.25, -0.2) is 9.97 Å². The van der Waals surface area contributed by atoms with Gasteiger partial charge in [0.25, 0.3) is 0 Å². The van der Waals surface area contributed by atoms with Crippen LogP contribution < -0.4 is 16.4 Å². The molecule has 1 aliphatic rings. The Morgan fingerprint density at radius 3 is 2.84 bits per heavy atom. The van der Waals surface area contributed by atoms with Gasteiger partial charge in [-0.3, -0.25) is 4.90 Å². The lowest BCUT2D eigenvalue weighted by Crippen LogP contribution is -2.53. The third kappa shape index (κ3) is 5.79. The van der Waals surface area contributed by atoms with Gasteiger partial charge in [-0.1, -0.05) is 30.3 Å². The first-order chi connectivity index (χ1) is 15.2. The summed E-state index contributed by atoms with van der Waals surface area (Å²) in [4.78, 5) is 11.5. The molecule has 0 saturated carbocycles. The first kappa shape index (κ1) is 21.2. The monoisotopic (exact) mass is 418 g/mol. The molecule has 0 amide bonds. The van der Waals surface area contributed by atoms with Gasteiger partial charge in [0, 0.05) is 57.1 Å². The number of nitrogens with two attached hydrogens (primary N) is 1. The van der Waals surface area contributed by atoms with Gasteiger partial charge in [0.05, 0.1) is 5.69 Å². The van der Waals surface area contributed by atoms with Crippen LogP contribution in [0.5, 0.6) is 5.75 Å². The SMILES string of the molecule is NCC1CNCCN1Cc1cccc(-c2ccnc(NCCc3ccc(O)cc3)n2)c1. The summed E-state index contributed by atoms with van der Waals surface area (Å²) in [6, 6.07) is 18.1. The molecule has 1 atom stereocenters. The van der Waals surface area contributed by atoms with Crippen LogP contribution in [0.4, 0.5) is 5.95 Å². The van der Waals surface area contributed by atoms with E-state index in [0.29, 0.717) is 18.5 Å². The van der Waals surface area contributed by atoms with Gasteiger partial charge in [-0.15, -0.1) is 0 Å². The van der Waals surface area contributed by atoms with Gasteiger partial charge in [-0.2, -0.15) is 0 Å². The van der Waals surface area contributed by atoms with E-state index >= 15 is 0 Å². The molecular weight excluding hydrogens is 388 g/mol. The molecular formula is C24H30N6O. The van der Waals surface area contributed by atoms with E-state index in [1.807, 2.05) is 18.2 Å². The molecule has 0 bridgehead atoms. The van der Waals surface area contributed by atoms with Crippen molar-refractivity contribution in [3.8, 4) is 17.0 Å². The molecule has 0 spiro atoms. The van der Waals surface area contributed by atoms with Gasteiger partial charge in [-0.05, 0) is 41.8 Å². The Kier molecular flexibility index (Phi) is 7.09. The number of hydrogen-bond acceptors (Lipinski definition) is 7. The smallest absolute Gasteiger partial charge is 0.223 e. The number of nitrogens with one attached hydrogen (secondary N) is 2. The standard InChI is InChI=1S/C24H30N6O/c25-15-21-16-26-12-13-30(21)17-19-2-1-3-20(14-19)23-9-11-28-24(29-23)27-10-8-18-4-6-22(31)7-5-18/h1-7,9,11,14,21,26,31H,8,10,12-13,15-17,25H2,(H,27,28,29). The van der Waals surface area contributed by atoms with E-state index in [1.165, 1.54) is 5.56 Å². The third-order valence-electron chi connectivity index (χ3n) is 5.64. The van der Waals surface area contributed by atoms with Gasteiger partial charge < -0.3 is 21.5 Å². The summed E-state index contributed by atoms with van der Waals surface area (Å²) in [5.74, 6) is 0.900. The number of nitrogens with zero attached hydrogens (tertiary/aromatic N) is 3. The minimum atomic E-state index is 0.283. The molecule has 1 fully saturated rings. The zero-order valence-electron chi connectivity index (χ0n) is 17.7. The highest BCUT2D eigenvalue weighted by molar-refractivity contribution is 5.61. The van der Waals surface area contributed by atoms with Crippen LogP contribution in [-0.2, 0) is 13.0 Å². The lowest BCUT2D eigenvalue weighted by atomic mass is 10.1. The van der Waals surface area contributed by atoms with E-state index < -0.39 is 0 Å². The Morgan fingerprint density at radius 2 is 2.00 bits per heavy atom. The van der Waals surface area contributed by atoms with Crippen LogP contribution in [0.2, 0.25) is 0 Å². The predicted octanol–water partition coefficient (Wildman–Crippen LogP) is 2.24. The number of aromatic hydroxyl groups is 1. The number of anilines is 1. The molecule has 162 valence electrons. The van der Waals surface area contributed by atoms with Crippen molar-refractivity contribution in [1.29, 1.82) is 0 Å². The van der Waals surface area contributed by atoms with E-state index in [-0.39, 0.29) is 5.75 Å². The number of benzene rings is 2. The van der Waals surface area contributed by atoms with Crippen LogP contribution in [0.25, 0.3) is 11.3 Å². The maximum atomic E-state index is 9.39. The quantitative estimate of drug-likeness (QED) is 0.445. The average molecular weight is 419 g/mol. The molecule has 3 aromatic rings. The lowest BCUT2D eigenvalue weighted by Gasteiger charge is -2.35. The second-order valence-electron chi connectivity index (χ2n) is 7.87. The predicted molar refractivity (Wildman–Crippen MR) is 124 cm³/mol. The minimum Gasteiger partial charge on any atom is -0.508 e. The van der Waals surface area contributed by atoms with Crippen molar-refractivity contribution in [1.82, 2.24) is 20.2 Å². The van der Waals surface area contributed by atoms with Crippen LogP contribution >= 0.6 is 0 Å². The first-order valence-electron chi connectivity index (χ1n) is 10.8.